The Bertz CT molecular complexity index is 324. The molecule has 0 amide bonds. The highest BCUT2D eigenvalue weighted by molar-refractivity contribution is 5.20. The van der Waals surface area contributed by atoms with Crippen LogP contribution in [0.3, 0.4) is 0 Å². The van der Waals surface area contributed by atoms with Gasteiger partial charge in [0.2, 0.25) is 0 Å². The molecule has 0 aromatic heterocycles. The molecule has 16 heavy (non-hydrogen) atoms. The molecule has 1 aromatic carbocycles. The summed E-state index contributed by atoms with van der Waals surface area (Å²) in [5.41, 5.74) is 5.86. The first kappa shape index (κ1) is 13.1. The van der Waals surface area contributed by atoms with Crippen LogP contribution in [-0.2, 0) is 11.2 Å². The van der Waals surface area contributed by atoms with Crippen LogP contribution < -0.4 is 5.73 Å². The fourth-order valence-electron chi connectivity index (χ4n) is 1.60. The van der Waals surface area contributed by atoms with Crippen molar-refractivity contribution < 1.29 is 13.5 Å². The molecule has 90 valence electrons. The van der Waals surface area contributed by atoms with Gasteiger partial charge < -0.3 is 10.5 Å². The van der Waals surface area contributed by atoms with E-state index in [9.17, 15) is 8.78 Å². The van der Waals surface area contributed by atoms with Gasteiger partial charge in [0, 0.05) is 18.7 Å². The second-order valence-corrected chi connectivity index (χ2v) is 3.95. The average molecular weight is 229 g/mol. The predicted molar refractivity (Wildman–Crippen MR) is 59.1 cm³/mol. The summed E-state index contributed by atoms with van der Waals surface area (Å²) >= 11 is 0. The molecule has 1 rings (SSSR count). The number of methoxy groups -OCH3 is 1. The van der Waals surface area contributed by atoms with E-state index in [0.717, 1.165) is 0 Å². The van der Waals surface area contributed by atoms with E-state index in [1.807, 2.05) is 6.92 Å². The third kappa shape index (κ3) is 3.54. The first-order valence-corrected chi connectivity index (χ1v) is 5.25. The van der Waals surface area contributed by atoms with Gasteiger partial charge in [-0.25, -0.2) is 8.78 Å². The summed E-state index contributed by atoms with van der Waals surface area (Å²) in [4.78, 5) is 0. The van der Waals surface area contributed by atoms with Crippen LogP contribution in [-0.4, -0.2) is 19.3 Å². The Morgan fingerprint density at radius 2 is 1.88 bits per heavy atom. The van der Waals surface area contributed by atoms with E-state index in [1.165, 1.54) is 18.2 Å². The molecule has 0 aliphatic heterocycles. The summed E-state index contributed by atoms with van der Waals surface area (Å²) in [5.74, 6) is -1.08. The monoisotopic (exact) mass is 229 g/mol. The number of rotatable bonds is 5. The summed E-state index contributed by atoms with van der Waals surface area (Å²) < 4.78 is 31.7. The molecule has 0 bridgehead atoms. The molecule has 0 spiro atoms. The molecule has 0 aliphatic rings. The lowest BCUT2D eigenvalue weighted by Crippen LogP contribution is -2.28. The van der Waals surface area contributed by atoms with Crippen molar-refractivity contribution in [1.82, 2.24) is 0 Å². The average Bonchev–Trinajstić information content (AvgIpc) is 2.23. The van der Waals surface area contributed by atoms with Crippen LogP contribution in [0.15, 0.2) is 18.2 Å². The Hall–Kier alpha value is -1.00. The van der Waals surface area contributed by atoms with E-state index in [2.05, 4.69) is 0 Å². The van der Waals surface area contributed by atoms with Crippen molar-refractivity contribution in [3.63, 3.8) is 0 Å². The fourth-order valence-corrected chi connectivity index (χ4v) is 1.60. The minimum absolute atomic E-state index is 0.00941. The smallest absolute Gasteiger partial charge is 0.129 e. The van der Waals surface area contributed by atoms with Crippen LogP contribution in [0, 0.1) is 11.6 Å². The molecule has 0 fully saturated rings. The van der Waals surface area contributed by atoms with E-state index in [1.54, 1.807) is 7.11 Å². The number of hydrogen-bond donors (Lipinski definition) is 1. The lowest BCUT2D eigenvalue weighted by Gasteiger charge is -2.16. The number of nitrogens with two attached hydrogens (primary N) is 1. The number of halogens is 2. The number of ether oxygens (including phenoxy) is 1. The SMILES string of the molecule is COC(C)CC(N)Cc1c(F)cccc1F. The first-order valence-electron chi connectivity index (χ1n) is 5.25. The Morgan fingerprint density at radius 1 is 1.31 bits per heavy atom. The molecule has 0 saturated carbocycles. The minimum atomic E-state index is -0.541. The van der Waals surface area contributed by atoms with Gasteiger partial charge >= 0.3 is 0 Å². The summed E-state index contributed by atoms with van der Waals surface area (Å²) in [6, 6.07) is 3.52. The van der Waals surface area contributed by atoms with E-state index in [-0.39, 0.29) is 24.1 Å². The highest BCUT2D eigenvalue weighted by atomic mass is 19.1. The Kier molecular flexibility index (Phi) is 4.83. The molecule has 0 radical (unpaired) electrons. The maximum atomic E-state index is 13.3. The molecule has 0 saturated heterocycles. The Morgan fingerprint density at radius 3 is 2.38 bits per heavy atom. The van der Waals surface area contributed by atoms with Gasteiger partial charge in [0.05, 0.1) is 6.10 Å². The third-order valence-corrected chi connectivity index (χ3v) is 2.57. The zero-order valence-corrected chi connectivity index (χ0v) is 9.54. The summed E-state index contributed by atoms with van der Waals surface area (Å²) in [6.07, 6.45) is 0.751. The summed E-state index contributed by atoms with van der Waals surface area (Å²) in [6.45, 7) is 1.87. The van der Waals surface area contributed by atoms with Gasteiger partial charge in [0.1, 0.15) is 11.6 Å². The molecule has 2 nitrogen and oxygen atoms in total. The quantitative estimate of drug-likeness (QED) is 0.840. The second kappa shape index (κ2) is 5.92. The highest BCUT2D eigenvalue weighted by Gasteiger charge is 2.14. The molecule has 2 unspecified atom stereocenters. The van der Waals surface area contributed by atoms with E-state index in [4.69, 9.17) is 10.5 Å². The molecule has 2 N–H and O–H groups in total. The van der Waals surface area contributed by atoms with Crippen LogP contribution >= 0.6 is 0 Å². The highest BCUT2D eigenvalue weighted by Crippen LogP contribution is 2.15. The summed E-state index contributed by atoms with van der Waals surface area (Å²) in [5, 5.41) is 0. The predicted octanol–water partition coefficient (Wildman–Crippen LogP) is 2.26. The van der Waals surface area contributed by atoms with Crippen molar-refractivity contribution in [2.45, 2.75) is 31.9 Å². The molecule has 4 heteroatoms. The van der Waals surface area contributed by atoms with Crippen molar-refractivity contribution in [3.05, 3.63) is 35.4 Å². The zero-order valence-electron chi connectivity index (χ0n) is 9.54. The molecule has 0 aliphatic carbocycles. The maximum absolute atomic E-state index is 13.3. The minimum Gasteiger partial charge on any atom is -0.382 e. The maximum Gasteiger partial charge on any atom is 0.129 e. The molecule has 2 atom stereocenters. The number of hydrogen-bond acceptors (Lipinski definition) is 2. The fraction of sp³-hybridized carbons (Fsp3) is 0.500. The standard InChI is InChI=1S/C12H17F2NO/c1-8(16-2)6-9(15)7-10-11(13)4-3-5-12(10)14/h3-5,8-9H,6-7,15H2,1-2H3. The van der Waals surface area contributed by atoms with E-state index >= 15 is 0 Å². The van der Waals surface area contributed by atoms with Crippen molar-refractivity contribution in [3.8, 4) is 0 Å². The van der Waals surface area contributed by atoms with Gasteiger partial charge in [-0.05, 0) is 31.9 Å². The van der Waals surface area contributed by atoms with Crippen molar-refractivity contribution in [2.24, 2.45) is 5.73 Å². The second-order valence-electron chi connectivity index (χ2n) is 3.95. The van der Waals surface area contributed by atoms with Gasteiger partial charge in [0.25, 0.3) is 0 Å². The first-order chi connectivity index (χ1) is 7.54. The topological polar surface area (TPSA) is 35.2 Å². The lowest BCUT2D eigenvalue weighted by molar-refractivity contribution is 0.104. The van der Waals surface area contributed by atoms with Crippen molar-refractivity contribution >= 4 is 0 Å². The van der Waals surface area contributed by atoms with Crippen LogP contribution in [0.4, 0.5) is 8.78 Å². The van der Waals surface area contributed by atoms with Crippen LogP contribution in [0.1, 0.15) is 18.9 Å². The molecular weight excluding hydrogens is 212 g/mol. The van der Waals surface area contributed by atoms with Gasteiger partial charge in [0.15, 0.2) is 0 Å². The van der Waals surface area contributed by atoms with Gasteiger partial charge in [-0.3, -0.25) is 0 Å². The Labute approximate surface area is 94.4 Å². The zero-order chi connectivity index (χ0) is 12.1. The molecular formula is C12H17F2NO. The van der Waals surface area contributed by atoms with E-state index < -0.39 is 11.6 Å². The van der Waals surface area contributed by atoms with Crippen LogP contribution in [0.25, 0.3) is 0 Å². The largest absolute Gasteiger partial charge is 0.382 e. The van der Waals surface area contributed by atoms with Crippen molar-refractivity contribution in [1.29, 1.82) is 0 Å². The van der Waals surface area contributed by atoms with Crippen molar-refractivity contribution in [2.75, 3.05) is 7.11 Å². The number of benzene rings is 1. The van der Waals surface area contributed by atoms with Crippen LogP contribution in [0.5, 0.6) is 0 Å². The molecule has 0 heterocycles. The summed E-state index contributed by atoms with van der Waals surface area (Å²) in [7, 11) is 1.58. The molecule has 1 aromatic rings. The van der Waals surface area contributed by atoms with Gasteiger partial charge in [-0.1, -0.05) is 6.07 Å². The lowest BCUT2D eigenvalue weighted by atomic mass is 10.0. The third-order valence-electron chi connectivity index (χ3n) is 2.57. The van der Waals surface area contributed by atoms with Gasteiger partial charge in [-0.15, -0.1) is 0 Å². The Balaban J connectivity index is 2.66. The van der Waals surface area contributed by atoms with Crippen LogP contribution in [0.2, 0.25) is 0 Å². The van der Waals surface area contributed by atoms with Gasteiger partial charge in [-0.2, -0.15) is 0 Å². The van der Waals surface area contributed by atoms with E-state index in [0.29, 0.717) is 6.42 Å². The normalized spacial score (nSPS) is 14.8.